The van der Waals surface area contributed by atoms with Crippen LogP contribution in [0, 0.1) is 0 Å². The van der Waals surface area contributed by atoms with Crippen molar-refractivity contribution < 1.29 is 80.2 Å². The van der Waals surface area contributed by atoms with Gasteiger partial charge in [0.1, 0.15) is 19.3 Å². The van der Waals surface area contributed by atoms with Crippen molar-refractivity contribution in [2.75, 3.05) is 39.6 Å². The minimum absolute atomic E-state index is 0.109. The fraction of sp³-hybridized carbons (Fsp3) is 0.947. The van der Waals surface area contributed by atoms with Crippen LogP contribution in [0.3, 0.4) is 0 Å². The van der Waals surface area contributed by atoms with Gasteiger partial charge in [0.2, 0.25) is 0 Å². The number of unbranched alkanes of at least 4 members (excludes halogenated alkanes) is 51. The molecule has 19 heteroatoms. The van der Waals surface area contributed by atoms with Crippen molar-refractivity contribution in [3.63, 3.8) is 0 Å². The Morgan fingerprint density at radius 1 is 0.253 bits per heavy atom. The SMILES string of the molecule is CCCCCCCCCCCCCCCCCC(=O)OC[C@H](COP(=O)(O)OC[C@H](O)COP(=O)(O)OC[C@@H](COC(=O)CCCCCCCCCCCC)OC(=O)CCCCCCCCCCCCCCCCC)OC(=O)CCCCCCCCCCCCCCCCC. The molecule has 5 atom stereocenters. The average Bonchev–Trinajstić information content (AvgIpc) is 3.29. The van der Waals surface area contributed by atoms with Crippen LogP contribution in [0.15, 0.2) is 0 Å². The zero-order valence-electron chi connectivity index (χ0n) is 61.6. The van der Waals surface area contributed by atoms with E-state index in [0.29, 0.717) is 25.7 Å². The number of aliphatic hydroxyl groups is 1. The Morgan fingerprint density at radius 3 is 0.621 bits per heavy atom. The van der Waals surface area contributed by atoms with E-state index in [4.69, 9.17) is 37.0 Å². The normalized spacial score (nSPS) is 13.9. The minimum Gasteiger partial charge on any atom is -0.462 e. The first kappa shape index (κ1) is 93.1. The molecule has 3 N–H and O–H groups in total. The predicted molar refractivity (Wildman–Crippen MR) is 386 cm³/mol. The van der Waals surface area contributed by atoms with Crippen molar-refractivity contribution in [2.45, 2.75) is 425 Å². The molecule has 2 unspecified atom stereocenters. The van der Waals surface area contributed by atoms with Crippen molar-refractivity contribution in [3.8, 4) is 0 Å². The molecule has 564 valence electrons. The number of carbonyl (C=O) groups excluding carboxylic acids is 4. The van der Waals surface area contributed by atoms with Gasteiger partial charge in [-0.2, -0.15) is 0 Å². The van der Waals surface area contributed by atoms with Crippen molar-refractivity contribution in [3.05, 3.63) is 0 Å². The number of aliphatic hydroxyl groups excluding tert-OH is 1. The summed E-state index contributed by atoms with van der Waals surface area (Å²) in [6.07, 6.45) is 60.8. The van der Waals surface area contributed by atoms with Gasteiger partial charge < -0.3 is 33.8 Å². The van der Waals surface area contributed by atoms with Crippen molar-refractivity contribution >= 4 is 39.5 Å². The van der Waals surface area contributed by atoms with Crippen LogP contribution in [0.4, 0.5) is 0 Å². The highest BCUT2D eigenvalue weighted by Crippen LogP contribution is 2.45. The summed E-state index contributed by atoms with van der Waals surface area (Å²) >= 11 is 0. The Balaban J connectivity index is 5.24. The second kappa shape index (κ2) is 70.5. The topological polar surface area (TPSA) is 237 Å². The molecule has 0 saturated carbocycles. The van der Waals surface area contributed by atoms with E-state index in [2.05, 4.69) is 27.7 Å². The van der Waals surface area contributed by atoms with Crippen LogP contribution in [-0.4, -0.2) is 96.7 Å². The molecule has 0 bridgehead atoms. The van der Waals surface area contributed by atoms with Gasteiger partial charge in [0.15, 0.2) is 12.2 Å². The molecular weight excluding hydrogens is 1250 g/mol. The first-order valence-corrected chi connectivity index (χ1v) is 42.8. The molecule has 0 saturated heterocycles. The predicted octanol–water partition coefficient (Wildman–Crippen LogP) is 22.6. The molecule has 0 aliphatic heterocycles. The number of esters is 4. The molecule has 0 aromatic rings. The van der Waals surface area contributed by atoms with Crippen LogP contribution in [0.2, 0.25) is 0 Å². The van der Waals surface area contributed by atoms with E-state index >= 15 is 0 Å². The van der Waals surface area contributed by atoms with Crippen molar-refractivity contribution in [2.24, 2.45) is 0 Å². The quantitative estimate of drug-likeness (QED) is 0.0222. The lowest BCUT2D eigenvalue weighted by Crippen LogP contribution is -2.30. The third-order valence-corrected chi connectivity index (χ3v) is 19.8. The Kier molecular flexibility index (Phi) is 69.1. The highest BCUT2D eigenvalue weighted by atomic mass is 31.2. The summed E-state index contributed by atoms with van der Waals surface area (Å²) in [5.74, 6) is -2.11. The number of hydrogen-bond donors (Lipinski definition) is 3. The first-order chi connectivity index (χ1) is 46.2. The third kappa shape index (κ3) is 70.3. The smallest absolute Gasteiger partial charge is 0.462 e. The van der Waals surface area contributed by atoms with Gasteiger partial charge in [-0.3, -0.25) is 37.3 Å². The Labute approximate surface area is 581 Å². The highest BCUT2D eigenvalue weighted by Gasteiger charge is 2.30. The van der Waals surface area contributed by atoms with Crippen LogP contribution in [0.1, 0.15) is 407 Å². The molecule has 0 radical (unpaired) electrons. The second-order valence-corrected chi connectivity index (χ2v) is 30.3. The maximum Gasteiger partial charge on any atom is 0.472 e. The van der Waals surface area contributed by atoms with Gasteiger partial charge >= 0.3 is 39.5 Å². The molecule has 0 amide bonds. The largest absolute Gasteiger partial charge is 0.472 e. The maximum absolute atomic E-state index is 13.1. The molecule has 0 aliphatic rings. The Hall–Kier alpha value is -1.94. The van der Waals surface area contributed by atoms with Gasteiger partial charge in [-0.1, -0.05) is 355 Å². The molecule has 17 nitrogen and oxygen atoms in total. The van der Waals surface area contributed by atoms with Crippen LogP contribution in [0.25, 0.3) is 0 Å². The monoisotopic (exact) mass is 1400 g/mol. The van der Waals surface area contributed by atoms with Gasteiger partial charge in [0.25, 0.3) is 0 Å². The molecular formula is C76H148O17P2. The number of ether oxygens (including phenoxy) is 4. The van der Waals surface area contributed by atoms with Crippen molar-refractivity contribution in [1.29, 1.82) is 0 Å². The molecule has 0 aromatic carbocycles. The maximum atomic E-state index is 13.1. The van der Waals surface area contributed by atoms with Gasteiger partial charge in [-0.15, -0.1) is 0 Å². The average molecular weight is 1400 g/mol. The highest BCUT2D eigenvalue weighted by molar-refractivity contribution is 7.47. The molecule has 0 aromatic heterocycles. The summed E-state index contributed by atoms with van der Waals surface area (Å²) in [5.41, 5.74) is 0. The number of carbonyl (C=O) groups is 4. The molecule has 0 fully saturated rings. The van der Waals surface area contributed by atoms with E-state index in [1.807, 2.05) is 0 Å². The summed E-state index contributed by atoms with van der Waals surface area (Å²) in [4.78, 5) is 72.8. The second-order valence-electron chi connectivity index (χ2n) is 27.4. The van der Waals surface area contributed by atoms with Crippen molar-refractivity contribution in [1.82, 2.24) is 0 Å². The van der Waals surface area contributed by atoms with Gasteiger partial charge in [-0.05, 0) is 25.7 Å². The van der Waals surface area contributed by atoms with E-state index in [0.717, 1.165) is 89.9 Å². The van der Waals surface area contributed by atoms with E-state index in [9.17, 15) is 43.2 Å². The summed E-state index contributed by atoms with van der Waals surface area (Å²) in [6.45, 7) is 5.00. The van der Waals surface area contributed by atoms with Crippen LogP contribution >= 0.6 is 15.6 Å². The minimum atomic E-state index is -4.96. The van der Waals surface area contributed by atoms with E-state index < -0.39 is 97.5 Å². The number of phosphoric ester groups is 2. The Bertz CT molecular complexity index is 1810. The van der Waals surface area contributed by atoms with E-state index in [1.165, 1.54) is 238 Å². The summed E-state index contributed by atoms with van der Waals surface area (Å²) in [6, 6.07) is 0. The Morgan fingerprint density at radius 2 is 0.421 bits per heavy atom. The third-order valence-electron chi connectivity index (χ3n) is 17.9. The van der Waals surface area contributed by atoms with Gasteiger partial charge in [0, 0.05) is 25.7 Å². The lowest BCUT2D eigenvalue weighted by Gasteiger charge is -2.21. The lowest BCUT2D eigenvalue weighted by molar-refractivity contribution is -0.161. The summed E-state index contributed by atoms with van der Waals surface area (Å²) in [5, 5.41) is 10.6. The van der Waals surface area contributed by atoms with E-state index in [1.54, 1.807) is 0 Å². The number of hydrogen-bond acceptors (Lipinski definition) is 15. The van der Waals surface area contributed by atoms with E-state index in [-0.39, 0.29) is 25.7 Å². The molecule has 0 rings (SSSR count). The van der Waals surface area contributed by atoms with Crippen LogP contribution in [-0.2, 0) is 65.4 Å². The zero-order chi connectivity index (χ0) is 69.7. The number of phosphoric acid groups is 2. The summed E-state index contributed by atoms with van der Waals surface area (Å²) in [7, 11) is -9.91. The molecule has 95 heavy (non-hydrogen) atoms. The molecule has 0 aliphatic carbocycles. The fourth-order valence-corrected chi connectivity index (χ4v) is 13.3. The van der Waals surface area contributed by atoms with Gasteiger partial charge in [-0.25, -0.2) is 9.13 Å². The molecule has 0 spiro atoms. The number of rotatable bonds is 77. The standard InChI is InChI=1S/C76H148O17P2/c1-5-9-13-17-21-25-29-32-35-38-41-45-49-53-57-61-74(79)87-67-72(93-76(81)63-59-55-51-47-43-40-37-34-31-27-23-19-15-11-7-3)69-91-95(84,85)89-65-70(77)64-88-94(82,83)90-68-71(66-86-73(78)60-56-52-48-44-28-24-20-16-12-8-4)92-75(80)62-58-54-50-46-42-39-36-33-30-26-22-18-14-10-6-2/h70-72,77H,5-69H2,1-4H3,(H,82,83)(H,84,85)/t70-,71-,72-/m1/s1. The zero-order valence-corrected chi connectivity index (χ0v) is 63.4. The lowest BCUT2D eigenvalue weighted by atomic mass is 10.0. The van der Waals surface area contributed by atoms with Crippen LogP contribution < -0.4 is 0 Å². The fourth-order valence-electron chi connectivity index (χ4n) is 11.8. The molecule has 0 heterocycles. The summed E-state index contributed by atoms with van der Waals surface area (Å²) < 4.78 is 68.5. The first-order valence-electron chi connectivity index (χ1n) is 39.8. The van der Waals surface area contributed by atoms with Gasteiger partial charge in [0.05, 0.1) is 26.4 Å². The van der Waals surface area contributed by atoms with Crippen LogP contribution in [0.5, 0.6) is 0 Å².